The van der Waals surface area contributed by atoms with Crippen molar-refractivity contribution in [2.45, 2.75) is 26.7 Å². The fourth-order valence-corrected chi connectivity index (χ4v) is 3.39. The zero-order valence-electron chi connectivity index (χ0n) is 15.4. The summed E-state index contributed by atoms with van der Waals surface area (Å²) >= 11 is 0. The quantitative estimate of drug-likeness (QED) is 0.836. The van der Waals surface area contributed by atoms with Crippen molar-refractivity contribution in [3.05, 3.63) is 76.8 Å². The highest BCUT2D eigenvalue weighted by molar-refractivity contribution is 5.87. The van der Waals surface area contributed by atoms with Gasteiger partial charge in [-0.15, -0.1) is 0 Å². The Morgan fingerprint density at radius 2 is 2.04 bits per heavy atom. The molecule has 0 radical (unpaired) electrons. The van der Waals surface area contributed by atoms with Crippen LogP contribution in [0.3, 0.4) is 0 Å². The van der Waals surface area contributed by atoms with Crippen LogP contribution >= 0.6 is 0 Å². The van der Waals surface area contributed by atoms with Crippen LogP contribution in [0.5, 0.6) is 0 Å². The number of rotatable bonds is 6. The molecule has 3 rings (SSSR count). The van der Waals surface area contributed by atoms with Crippen LogP contribution in [0.4, 0.5) is 0 Å². The Morgan fingerprint density at radius 3 is 2.73 bits per heavy atom. The maximum Gasteiger partial charge on any atom is 0.332 e. The molecular weight excluding hydrogens is 326 g/mol. The molecule has 0 bridgehead atoms. The molecule has 2 aromatic rings. The van der Waals surface area contributed by atoms with Crippen molar-refractivity contribution in [3.63, 3.8) is 0 Å². The Bertz CT molecular complexity index is 845. The molecule has 1 aliphatic rings. The summed E-state index contributed by atoms with van der Waals surface area (Å²) in [5.41, 5.74) is 5.12. The zero-order valence-corrected chi connectivity index (χ0v) is 15.4. The molecule has 1 N–H and O–H groups in total. The summed E-state index contributed by atoms with van der Waals surface area (Å²) in [6, 6.07) is 10.3. The monoisotopic (exact) mass is 351 g/mol. The standard InChI is InChI=1S/C22H25NO3/c1-16-7-3-4-9-19(16)20(21-17(2)11-14-26-21)10-6-13-23-12-5-8-18(15-23)22(24)25/h3-4,7-11,14H,5-6,12-13,15H2,1-2H3,(H,24,25). The number of carboxylic acids is 1. The molecular formula is C22H25NO3. The molecule has 0 saturated heterocycles. The van der Waals surface area contributed by atoms with E-state index in [1.807, 2.05) is 24.3 Å². The molecule has 1 aromatic carbocycles. The van der Waals surface area contributed by atoms with Crippen LogP contribution in [-0.4, -0.2) is 35.6 Å². The van der Waals surface area contributed by atoms with Gasteiger partial charge in [0.2, 0.25) is 0 Å². The number of benzene rings is 1. The normalized spacial score (nSPS) is 15.8. The highest BCUT2D eigenvalue weighted by atomic mass is 16.4. The number of carbonyl (C=O) groups is 1. The third-order valence-corrected chi connectivity index (χ3v) is 4.84. The first-order chi connectivity index (χ1) is 12.6. The summed E-state index contributed by atoms with van der Waals surface area (Å²) in [6.07, 6.45) is 7.42. The van der Waals surface area contributed by atoms with E-state index in [1.165, 1.54) is 11.1 Å². The van der Waals surface area contributed by atoms with Gasteiger partial charge in [-0.05, 0) is 49.4 Å². The van der Waals surface area contributed by atoms with E-state index in [-0.39, 0.29) is 0 Å². The molecule has 26 heavy (non-hydrogen) atoms. The van der Waals surface area contributed by atoms with Crippen molar-refractivity contribution in [2.75, 3.05) is 19.6 Å². The SMILES string of the molecule is Cc1ccccc1C(=CCCN1CCC=C(C(=O)O)C1)c1occc1C. The zero-order chi connectivity index (χ0) is 18.5. The van der Waals surface area contributed by atoms with Crippen molar-refractivity contribution in [1.82, 2.24) is 4.90 Å². The van der Waals surface area contributed by atoms with E-state index in [4.69, 9.17) is 4.42 Å². The van der Waals surface area contributed by atoms with Gasteiger partial charge in [-0.25, -0.2) is 4.79 Å². The van der Waals surface area contributed by atoms with Crippen molar-refractivity contribution >= 4 is 11.5 Å². The van der Waals surface area contributed by atoms with Gasteiger partial charge in [0.05, 0.1) is 6.26 Å². The molecule has 136 valence electrons. The van der Waals surface area contributed by atoms with E-state index >= 15 is 0 Å². The van der Waals surface area contributed by atoms with Gasteiger partial charge >= 0.3 is 5.97 Å². The summed E-state index contributed by atoms with van der Waals surface area (Å²) in [4.78, 5) is 13.4. The highest BCUT2D eigenvalue weighted by Gasteiger charge is 2.17. The Kier molecular flexibility index (Phi) is 5.74. The largest absolute Gasteiger partial charge is 0.478 e. The Balaban J connectivity index is 1.78. The molecule has 0 atom stereocenters. The first-order valence-corrected chi connectivity index (χ1v) is 9.01. The number of hydrogen-bond acceptors (Lipinski definition) is 3. The third kappa shape index (κ3) is 4.14. The molecule has 0 saturated carbocycles. The number of aryl methyl sites for hydroxylation is 2. The van der Waals surface area contributed by atoms with E-state index in [0.717, 1.165) is 42.8 Å². The first kappa shape index (κ1) is 18.2. The minimum absolute atomic E-state index is 0.501. The van der Waals surface area contributed by atoms with E-state index in [1.54, 1.807) is 6.26 Å². The predicted molar refractivity (Wildman–Crippen MR) is 103 cm³/mol. The van der Waals surface area contributed by atoms with Gasteiger partial charge in [0, 0.05) is 30.8 Å². The van der Waals surface area contributed by atoms with Crippen LogP contribution in [0.1, 0.15) is 35.3 Å². The number of aliphatic carboxylic acids is 1. The molecule has 0 amide bonds. The van der Waals surface area contributed by atoms with Gasteiger partial charge in [-0.3, -0.25) is 4.90 Å². The first-order valence-electron chi connectivity index (χ1n) is 9.01. The number of furan rings is 1. The smallest absolute Gasteiger partial charge is 0.332 e. The molecule has 0 unspecified atom stereocenters. The molecule has 0 aliphatic carbocycles. The average molecular weight is 351 g/mol. The van der Waals surface area contributed by atoms with Gasteiger partial charge in [-0.1, -0.05) is 36.4 Å². The lowest BCUT2D eigenvalue weighted by molar-refractivity contribution is -0.133. The van der Waals surface area contributed by atoms with Crippen LogP contribution in [0.15, 0.2) is 58.7 Å². The topological polar surface area (TPSA) is 53.7 Å². The van der Waals surface area contributed by atoms with Crippen LogP contribution in [0, 0.1) is 13.8 Å². The second-order valence-corrected chi connectivity index (χ2v) is 6.75. The number of nitrogens with zero attached hydrogens (tertiary/aromatic N) is 1. The van der Waals surface area contributed by atoms with Gasteiger partial charge in [0.1, 0.15) is 5.76 Å². The van der Waals surface area contributed by atoms with Crippen LogP contribution in [-0.2, 0) is 4.79 Å². The third-order valence-electron chi connectivity index (χ3n) is 4.84. The highest BCUT2D eigenvalue weighted by Crippen LogP contribution is 2.29. The second kappa shape index (κ2) is 8.19. The van der Waals surface area contributed by atoms with Crippen LogP contribution < -0.4 is 0 Å². The minimum atomic E-state index is -0.808. The molecule has 4 heteroatoms. The summed E-state index contributed by atoms with van der Waals surface area (Å²) in [6.45, 7) is 6.42. The second-order valence-electron chi connectivity index (χ2n) is 6.75. The van der Waals surface area contributed by atoms with Gasteiger partial charge in [0.15, 0.2) is 0 Å². The molecule has 0 fully saturated rings. The summed E-state index contributed by atoms with van der Waals surface area (Å²) < 4.78 is 5.76. The lowest BCUT2D eigenvalue weighted by atomic mass is 9.96. The Morgan fingerprint density at radius 1 is 1.23 bits per heavy atom. The van der Waals surface area contributed by atoms with Gasteiger partial charge in [0.25, 0.3) is 0 Å². The predicted octanol–water partition coefficient (Wildman–Crippen LogP) is 4.43. The van der Waals surface area contributed by atoms with E-state index in [2.05, 4.69) is 37.0 Å². The molecule has 1 aromatic heterocycles. The lowest BCUT2D eigenvalue weighted by Crippen LogP contribution is -2.32. The van der Waals surface area contributed by atoms with E-state index in [9.17, 15) is 9.90 Å². The molecule has 2 heterocycles. The minimum Gasteiger partial charge on any atom is -0.478 e. The summed E-state index contributed by atoms with van der Waals surface area (Å²) in [7, 11) is 0. The number of carboxylic acid groups (broad SMARTS) is 1. The summed E-state index contributed by atoms with van der Waals surface area (Å²) in [5.74, 6) is 0.0983. The van der Waals surface area contributed by atoms with Crippen LogP contribution in [0.2, 0.25) is 0 Å². The average Bonchev–Trinajstić information content (AvgIpc) is 3.06. The molecule has 4 nitrogen and oxygen atoms in total. The van der Waals surface area contributed by atoms with E-state index in [0.29, 0.717) is 12.1 Å². The van der Waals surface area contributed by atoms with Crippen molar-refractivity contribution in [3.8, 4) is 0 Å². The van der Waals surface area contributed by atoms with Crippen molar-refractivity contribution < 1.29 is 14.3 Å². The van der Waals surface area contributed by atoms with Crippen LogP contribution in [0.25, 0.3) is 5.57 Å². The van der Waals surface area contributed by atoms with Gasteiger partial charge < -0.3 is 9.52 Å². The fraction of sp³-hybridized carbons (Fsp3) is 0.318. The number of hydrogen-bond donors (Lipinski definition) is 1. The Labute approximate surface area is 154 Å². The molecule has 1 aliphatic heterocycles. The maximum atomic E-state index is 11.2. The summed E-state index contributed by atoms with van der Waals surface area (Å²) in [5, 5.41) is 9.19. The van der Waals surface area contributed by atoms with Crippen molar-refractivity contribution in [1.29, 1.82) is 0 Å². The fourth-order valence-electron chi connectivity index (χ4n) is 3.39. The lowest BCUT2D eigenvalue weighted by Gasteiger charge is -2.25. The van der Waals surface area contributed by atoms with Gasteiger partial charge in [-0.2, -0.15) is 0 Å². The van der Waals surface area contributed by atoms with Crippen molar-refractivity contribution in [2.24, 2.45) is 0 Å². The van der Waals surface area contributed by atoms with E-state index < -0.39 is 5.97 Å². The maximum absolute atomic E-state index is 11.2. The Hall–Kier alpha value is -2.59. The molecule has 0 spiro atoms.